The Bertz CT molecular complexity index is 69.5. The Balaban J connectivity index is 3.56. The Kier molecular flexibility index (Phi) is 0.584. The van der Waals surface area contributed by atoms with Gasteiger partial charge >= 0.3 is 0 Å². The maximum absolute atomic E-state index is 6.58. The summed E-state index contributed by atoms with van der Waals surface area (Å²) < 4.78 is 19.7. The third kappa shape index (κ3) is 1.74. The molecular weight excluding hydrogens is 48.0 g/mol. The van der Waals surface area contributed by atoms with E-state index in [1.807, 2.05) is 0 Å². The largest absolute Gasteiger partial charge is 0.0919 e. The van der Waals surface area contributed by atoms with E-state index in [-0.39, 0.29) is 0 Å². The van der Waals surface area contributed by atoms with Gasteiger partial charge in [0.25, 0.3) is 0 Å². The summed E-state index contributed by atoms with van der Waals surface area (Å²) >= 11 is 0. The van der Waals surface area contributed by atoms with Gasteiger partial charge < -0.3 is 0 Å². The van der Waals surface area contributed by atoms with Crippen molar-refractivity contribution in [3.05, 3.63) is 12.2 Å². The van der Waals surface area contributed by atoms with Crippen LogP contribution < -0.4 is 0 Å². The topological polar surface area (TPSA) is 0 Å². The first-order valence-electron chi connectivity index (χ1n) is 2.70. The summed E-state index contributed by atoms with van der Waals surface area (Å²) in [6.07, 6.45) is 2.71. The molecule has 0 bridgehead atoms. The Labute approximate surface area is 31.4 Å². The van der Waals surface area contributed by atoms with Gasteiger partial charge in [0.2, 0.25) is 0 Å². The van der Waals surface area contributed by atoms with Crippen LogP contribution in [0.25, 0.3) is 0 Å². The molecule has 0 spiro atoms. The maximum Gasteiger partial charge on any atom is 0.0273 e. The van der Waals surface area contributed by atoms with Crippen LogP contribution in [-0.2, 0) is 0 Å². The van der Waals surface area contributed by atoms with Crippen LogP contribution in [0.2, 0.25) is 0 Å². The molecule has 0 heteroatoms. The fourth-order valence-electron chi connectivity index (χ4n) is 0. The molecule has 4 heavy (non-hydrogen) atoms. The molecule has 0 rings (SSSR count). The van der Waals surface area contributed by atoms with Gasteiger partial charge in [0.05, 0.1) is 0 Å². The minimum Gasteiger partial charge on any atom is -0.0919 e. The summed E-state index contributed by atoms with van der Waals surface area (Å²) in [7, 11) is 0. The smallest absolute Gasteiger partial charge is 0.0273 e. The Morgan fingerprint density at radius 3 is 2.50 bits per heavy atom. The Hall–Kier alpha value is -0.260. The normalized spacial score (nSPS) is 23.8. The first-order valence-corrected chi connectivity index (χ1v) is 1.20. The van der Waals surface area contributed by atoms with Crippen LogP contribution in [0.5, 0.6) is 0 Å². The second kappa shape index (κ2) is 2.74. The second-order valence-electron chi connectivity index (χ2n) is 0.500. The third-order valence-corrected chi connectivity index (χ3v) is 0.167. The average Bonchev–Trinajstić information content (AvgIpc) is 1.30. The summed E-state index contributed by atoms with van der Waals surface area (Å²) in [5.74, 6) is 0. The molecule has 0 saturated heterocycles. The van der Waals surface area contributed by atoms with E-state index in [9.17, 15) is 0 Å². The molecule has 0 heterocycles. The third-order valence-electron chi connectivity index (χ3n) is 0.167. The minimum atomic E-state index is -1.88. The number of hydrogen-bond acceptors (Lipinski definition) is 0. The minimum absolute atomic E-state index is 1.19. The van der Waals surface area contributed by atoms with Crippen molar-refractivity contribution in [2.24, 2.45) is 0 Å². The zero-order valence-electron chi connectivity index (χ0n) is 5.65. The average molecular weight is 59.1 g/mol. The highest BCUT2D eigenvalue weighted by atomic mass is 13.4. The van der Waals surface area contributed by atoms with Crippen LogP contribution in [-0.4, -0.2) is 0 Å². The van der Waals surface area contributed by atoms with E-state index < -0.39 is 6.85 Å². The molecule has 0 aliphatic carbocycles. The van der Waals surface area contributed by atoms with Crippen molar-refractivity contribution in [3.63, 3.8) is 0 Å². The van der Waals surface area contributed by atoms with E-state index in [1.54, 1.807) is 6.92 Å². The van der Waals surface area contributed by atoms with E-state index >= 15 is 0 Å². The molecule has 0 fully saturated rings. The van der Waals surface area contributed by atoms with E-state index in [4.69, 9.17) is 4.11 Å². The monoisotopic (exact) mass is 59.1 g/mol. The van der Waals surface area contributed by atoms with Gasteiger partial charge in [-0.2, -0.15) is 0 Å². The molecular formula is C4H8. The molecule has 0 unspecified atom stereocenters. The van der Waals surface area contributed by atoms with Gasteiger partial charge in [0.15, 0.2) is 0 Å². The van der Waals surface area contributed by atoms with Crippen molar-refractivity contribution in [1.82, 2.24) is 0 Å². The summed E-state index contributed by atoms with van der Waals surface area (Å²) in [5.41, 5.74) is 0. The quantitative estimate of drug-likeness (QED) is 0.372. The van der Waals surface area contributed by atoms with Gasteiger partial charge in [-0.1, -0.05) is 12.2 Å². The molecule has 0 aromatic heterocycles. The highest BCUT2D eigenvalue weighted by molar-refractivity contribution is 4.68. The lowest BCUT2D eigenvalue weighted by Crippen LogP contribution is -1.26. The summed E-state index contributed by atoms with van der Waals surface area (Å²) in [5, 5.41) is 0. The predicted octanol–water partition coefficient (Wildman–Crippen LogP) is 1.58. The van der Waals surface area contributed by atoms with Crippen LogP contribution >= 0.6 is 0 Å². The van der Waals surface area contributed by atoms with Crippen molar-refractivity contribution in [3.8, 4) is 0 Å². The maximum atomic E-state index is 6.58. The molecule has 0 aliphatic heterocycles. The van der Waals surface area contributed by atoms with Crippen LogP contribution in [0, 0.1) is 0 Å². The zero-order valence-corrected chi connectivity index (χ0v) is 2.65. The molecule has 0 aliphatic rings. The van der Waals surface area contributed by atoms with Gasteiger partial charge in [-0.05, 0) is 13.8 Å². The lowest BCUT2D eigenvalue weighted by atomic mass is 10.6. The molecule has 0 atom stereocenters. The Morgan fingerprint density at radius 1 is 1.75 bits per heavy atom. The SMILES string of the molecule is [2H]C([2H])([2H])/C=C\C. The lowest BCUT2D eigenvalue weighted by Gasteiger charge is -1.49. The standard InChI is InChI=1S/C4H8/c1-3-4-2/h3-4H,1-2H3/b4-3-/i1D3. The molecule has 0 N–H and O–H groups in total. The summed E-state index contributed by atoms with van der Waals surface area (Å²) in [6.45, 7) is -0.193. The van der Waals surface area contributed by atoms with E-state index in [1.165, 1.54) is 12.2 Å². The number of allylic oxidation sites excluding steroid dienone is 2. The van der Waals surface area contributed by atoms with Crippen molar-refractivity contribution in [2.45, 2.75) is 13.8 Å². The van der Waals surface area contributed by atoms with Crippen LogP contribution in [0.1, 0.15) is 17.9 Å². The first-order chi connectivity index (χ1) is 3.06. The van der Waals surface area contributed by atoms with Crippen LogP contribution in [0.4, 0.5) is 0 Å². The van der Waals surface area contributed by atoms with Gasteiger partial charge in [-0.25, -0.2) is 0 Å². The van der Waals surface area contributed by atoms with Gasteiger partial charge in [-0.3, -0.25) is 0 Å². The van der Waals surface area contributed by atoms with Crippen LogP contribution in [0.3, 0.4) is 0 Å². The van der Waals surface area contributed by atoms with Crippen LogP contribution in [0.15, 0.2) is 12.2 Å². The van der Waals surface area contributed by atoms with E-state index in [0.717, 1.165) is 0 Å². The molecule has 24 valence electrons. The van der Waals surface area contributed by atoms with Gasteiger partial charge in [0, 0.05) is 4.11 Å². The Morgan fingerprint density at radius 2 is 2.50 bits per heavy atom. The van der Waals surface area contributed by atoms with Gasteiger partial charge in [-0.15, -0.1) is 0 Å². The first kappa shape index (κ1) is 0.852. The van der Waals surface area contributed by atoms with E-state index in [0.29, 0.717) is 0 Å². The second-order valence-corrected chi connectivity index (χ2v) is 0.500. The number of hydrogen-bond donors (Lipinski definition) is 0. The highest BCUT2D eigenvalue weighted by Gasteiger charge is 1.34. The fraction of sp³-hybridized carbons (Fsp3) is 0.500. The van der Waals surface area contributed by atoms with Gasteiger partial charge in [0.1, 0.15) is 0 Å². The van der Waals surface area contributed by atoms with Crippen molar-refractivity contribution < 1.29 is 4.11 Å². The molecule has 0 nitrogen and oxygen atoms in total. The molecule has 0 aromatic rings. The fourth-order valence-corrected chi connectivity index (χ4v) is 0. The van der Waals surface area contributed by atoms with E-state index in [2.05, 4.69) is 0 Å². The lowest BCUT2D eigenvalue weighted by molar-refractivity contribution is 1.64. The molecule has 0 saturated carbocycles. The summed E-state index contributed by atoms with van der Waals surface area (Å²) in [6, 6.07) is 0. The zero-order chi connectivity index (χ0) is 5.91. The molecule has 0 radical (unpaired) electrons. The predicted molar refractivity (Wildman–Crippen MR) is 20.5 cm³/mol. The number of rotatable bonds is 0. The molecule has 0 amide bonds. The summed E-state index contributed by atoms with van der Waals surface area (Å²) in [4.78, 5) is 0. The van der Waals surface area contributed by atoms with Crippen molar-refractivity contribution >= 4 is 0 Å². The molecule has 0 aromatic carbocycles. The highest BCUT2D eigenvalue weighted by Crippen LogP contribution is 1.57. The van der Waals surface area contributed by atoms with Crippen molar-refractivity contribution in [2.75, 3.05) is 0 Å². The van der Waals surface area contributed by atoms with Crippen molar-refractivity contribution in [1.29, 1.82) is 0 Å².